The first-order valence-electron chi connectivity index (χ1n) is 5.33. The molecule has 0 radical (unpaired) electrons. The number of rotatable bonds is 3. The molecule has 0 amide bonds. The first-order chi connectivity index (χ1) is 9.45. The zero-order valence-corrected chi connectivity index (χ0v) is 12.6. The number of aliphatic carboxylic acids is 2. The molecule has 0 aliphatic rings. The van der Waals surface area contributed by atoms with Gasteiger partial charge in [0.1, 0.15) is 0 Å². The van der Waals surface area contributed by atoms with Crippen LogP contribution in [0.4, 0.5) is 0 Å². The van der Waals surface area contributed by atoms with Crippen LogP contribution in [0.15, 0.2) is 36.4 Å². The van der Waals surface area contributed by atoms with Crippen molar-refractivity contribution in [3.8, 4) is 0 Å². The van der Waals surface area contributed by atoms with Crippen LogP contribution < -0.4 is 0 Å². The van der Waals surface area contributed by atoms with E-state index in [4.69, 9.17) is 20.4 Å². The molecule has 0 unspecified atom stereocenters. The van der Waals surface area contributed by atoms with Crippen LogP contribution in [0.25, 0.3) is 0 Å². The van der Waals surface area contributed by atoms with Gasteiger partial charge in [-0.2, -0.15) is 25.3 Å². The molecule has 1 aromatic carbocycles. The molecule has 0 atom stereocenters. The largest absolute Gasteiger partial charge is 0.481 e. The van der Waals surface area contributed by atoms with E-state index >= 15 is 0 Å². The number of carboxylic acids is 2. The number of aliphatic hydroxyl groups is 2. The van der Waals surface area contributed by atoms with E-state index < -0.39 is 11.9 Å². The topological polar surface area (TPSA) is 115 Å². The minimum absolute atomic E-state index is 0.0833. The molecule has 4 N–H and O–H groups in total. The highest BCUT2D eigenvalue weighted by molar-refractivity contribution is 7.81. The number of benzene rings is 1. The molecule has 0 saturated carbocycles. The van der Waals surface area contributed by atoms with Crippen LogP contribution in [0, 0.1) is 0 Å². The maximum Gasteiger partial charge on any atom is 0.313 e. The Morgan fingerprint density at radius 3 is 0.900 bits per heavy atom. The van der Waals surface area contributed by atoms with Crippen LogP contribution in [-0.4, -0.2) is 57.1 Å². The lowest BCUT2D eigenvalue weighted by Gasteiger charge is -1.71. The van der Waals surface area contributed by atoms with E-state index in [1.54, 1.807) is 0 Å². The molecule has 8 heteroatoms. The smallest absolute Gasteiger partial charge is 0.313 e. The van der Waals surface area contributed by atoms with Crippen LogP contribution in [0.5, 0.6) is 0 Å². The molecule has 0 fully saturated rings. The van der Waals surface area contributed by atoms with Gasteiger partial charge in [0.2, 0.25) is 0 Å². The van der Waals surface area contributed by atoms with Gasteiger partial charge in [-0.05, 0) is 0 Å². The van der Waals surface area contributed by atoms with Crippen molar-refractivity contribution in [2.24, 2.45) is 0 Å². The first-order valence-corrected chi connectivity index (χ1v) is 6.59. The van der Waals surface area contributed by atoms with Gasteiger partial charge in [-0.15, -0.1) is 0 Å². The Labute approximate surface area is 128 Å². The minimum atomic E-state index is -0.881. The van der Waals surface area contributed by atoms with Crippen LogP contribution in [0.1, 0.15) is 0 Å². The van der Waals surface area contributed by atoms with E-state index in [2.05, 4.69) is 25.3 Å². The minimum Gasteiger partial charge on any atom is -0.481 e. The Morgan fingerprint density at radius 2 is 0.850 bits per heavy atom. The maximum atomic E-state index is 9.29. The van der Waals surface area contributed by atoms with E-state index in [0.717, 1.165) is 0 Å². The lowest BCUT2D eigenvalue weighted by Crippen LogP contribution is -1.92. The second-order valence-corrected chi connectivity index (χ2v) is 3.34. The van der Waals surface area contributed by atoms with Gasteiger partial charge in [-0.25, -0.2) is 0 Å². The van der Waals surface area contributed by atoms with Gasteiger partial charge in [0.05, 0.1) is 24.7 Å². The summed E-state index contributed by atoms with van der Waals surface area (Å²) >= 11 is 6.83. The standard InChI is InChI=1S/C6H6.2C2H4O2S.C2H6O2/c1-2-4-6-5-3-1;2*3-2(4)1-5;3-1-2-4/h1-6H;2*5H,1H2,(H,3,4);3-4H,1-2H2. The van der Waals surface area contributed by atoms with Gasteiger partial charge >= 0.3 is 11.9 Å². The summed E-state index contributed by atoms with van der Waals surface area (Å²) < 4.78 is 0. The zero-order chi connectivity index (χ0) is 16.2. The van der Waals surface area contributed by atoms with E-state index in [0.29, 0.717) is 0 Å². The average Bonchev–Trinajstić information content (AvgIpc) is 2.50. The van der Waals surface area contributed by atoms with Gasteiger partial charge in [0.25, 0.3) is 0 Å². The molecule has 116 valence electrons. The van der Waals surface area contributed by atoms with E-state index in [1.165, 1.54) is 0 Å². The molecule has 0 heterocycles. The lowest BCUT2D eigenvalue weighted by atomic mass is 10.4. The third-order valence-corrected chi connectivity index (χ3v) is 1.58. The second kappa shape index (κ2) is 22.9. The Bertz CT molecular complexity index is 265. The summed E-state index contributed by atoms with van der Waals surface area (Å²) in [6.45, 7) is -0.250. The highest BCUT2D eigenvalue weighted by atomic mass is 32.1. The monoisotopic (exact) mass is 324 g/mol. The number of thiol groups is 2. The molecule has 6 nitrogen and oxygen atoms in total. The summed E-state index contributed by atoms with van der Waals surface area (Å²) in [6, 6.07) is 12.0. The number of hydrogen-bond donors (Lipinski definition) is 6. The molecule has 20 heavy (non-hydrogen) atoms. The summed E-state index contributed by atoms with van der Waals surface area (Å²) in [5, 5.41) is 30.5. The molecular formula is C12H20O6S2. The fraction of sp³-hybridized carbons (Fsp3) is 0.333. The van der Waals surface area contributed by atoms with Crippen molar-refractivity contribution < 1.29 is 30.0 Å². The van der Waals surface area contributed by atoms with Gasteiger partial charge in [-0.1, -0.05) is 36.4 Å². The molecule has 0 saturated heterocycles. The normalized spacial score (nSPS) is 7.60. The Morgan fingerprint density at radius 1 is 0.700 bits per heavy atom. The number of hydrogen-bond acceptors (Lipinski definition) is 6. The molecule has 1 rings (SSSR count). The van der Waals surface area contributed by atoms with Crippen LogP contribution in [0.3, 0.4) is 0 Å². The van der Waals surface area contributed by atoms with Crippen molar-refractivity contribution in [3.63, 3.8) is 0 Å². The highest BCUT2D eigenvalue weighted by Crippen LogP contribution is 1.79. The van der Waals surface area contributed by atoms with E-state index in [-0.39, 0.29) is 24.7 Å². The molecule has 0 aromatic heterocycles. The Kier molecular flexibility index (Phi) is 27.3. The number of carbonyl (C=O) groups is 2. The lowest BCUT2D eigenvalue weighted by molar-refractivity contribution is -0.134. The van der Waals surface area contributed by atoms with E-state index in [9.17, 15) is 9.59 Å². The molecular weight excluding hydrogens is 304 g/mol. The van der Waals surface area contributed by atoms with Crippen molar-refractivity contribution >= 4 is 37.2 Å². The molecule has 0 bridgehead atoms. The van der Waals surface area contributed by atoms with Crippen LogP contribution >= 0.6 is 25.3 Å². The zero-order valence-electron chi connectivity index (χ0n) is 10.8. The average molecular weight is 324 g/mol. The molecule has 0 spiro atoms. The fourth-order valence-corrected chi connectivity index (χ4v) is 0.385. The van der Waals surface area contributed by atoms with Gasteiger partial charge in [-0.3, -0.25) is 9.59 Å². The van der Waals surface area contributed by atoms with Crippen LogP contribution in [-0.2, 0) is 9.59 Å². The molecule has 0 aliphatic carbocycles. The first kappa shape index (κ1) is 23.8. The van der Waals surface area contributed by atoms with Crippen molar-refractivity contribution in [1.82, 2.24) is 0 Å². The fourth-order valence-electron chi connectivity index (χ4n) is 0.385. The van der Waals surface area contributed by atoms with Crippen molar-refractivity contribution in [1.29, 1.82) is 0 Å². The summed E-state index contributed by atoms with van der Waals surface area (Å²) in [5.74, 6) is -1.93. The highest BCUT2D eigenvalue weighted by Gasteiger charge is 1.82. The Hall–Kier alpha value is -1.22. The maximum absolute atomic E-state index is 9.29. The quantitative estimate of drug-likeness (QED) is 0.455. The van der Waals surface area contributed by atoms with Crippen molar-refractivity contribution in [3.05, 3.63) is 36.4 Å². The van der Waals surface area contributed by atoms with Gasteiger partial charge in [0, 0.05) is 0 Å². The van der Waals surface area contributed by atoms with Gasteiger partial charge < -0.3 is 20.4 Å². The number of carboxylic acid groups (broad SMARTS) is 2. The van der Waals surface area contributed by atoms with Crippen molar-refractivity contribution in [2.75, 3.05) is 24.7 Å². The van der Waals surface area contributed by atoms with E-state index in [1.807, 2.05) is 36.4 Å². The summed E-state index contributed by atoms with van der Waals surface area (Å²) in [4.78, 5) is 18.6. The van der Waals surface area contributed by atoms with Gasteiger partial charge in [0.15, 0.2) is 0 Å². The third kappa shape index (κ3) is 43.7. The predicted molar refractivity (Wildman–Crippen MR) is 83.6 cm³/mol. The van der Waals surface area contributed by atoms with Crippen molar-refractivity contribution in [2.45, 2.75) is 0 Å². The second-order valence-electron chi connectivity index (χ2n) is 2.71. The molecule has 1 aromatic rings. The summed E-state index contributed by atoms with van der Waals surface area (Å²) in [7, 11) is 0. The molecule has 0 aliphatic heterocycles. The summed E-state index contributed by atoms with van der Waals surface area (Å²) in [6.07, 6.45) is 0. The summed E-state index contributed by atoms with van der Waals surface area (Å²) in [5.41, 5.74) is 0. The Balaban J connectivity index is -0.000000195. The predicted octanol–water partition coefficient (Wildman–Crippen LogP) is 0.659. The number of aliphatic hydroxyl groups excluding tert-OH is 2. The van der Waals surface area contributed by atoms with Crippen LogP contribution in [0.2, 0.25) is 0 Å². The SMILES string of the molecule is O=C(O)CS.O=C(O)CS.OCCO.c1ccccc1. The third-order valence-electron chi connectivity index (χ3n) is 1.04.